The van der Waals surface area contributed by atoms with Gasteiger partial charge in [-0.2, -0.15) is 8.42 Å². The minimum atomic E-state index is -4.13. The third-order valence-corrected chi connectivity index (χ3v) is 5.59. The van der Waals surface area contributed by atoms with Gasteiger partial charge < -0.3 is 0 Å². The first-order valence-electron chi connectivity index (χ1n) is 6.36. The van der Waals surface area contributed by atoms with Crippen molar-refractivity contribution in [1.29, 1.82) is 0 Å². The van der Waals surface area contributed by atoms with Gasteiger partial charge in [0, 0.05) is 0 Å². The monoisotopic (exact) mass is 290 g/mol. The van der Waals surface area contributed by atoms with E-state index in [0.717, 1.165) is 16.7 Å². The molecule has 20 heavy (non-hydrogen) atoms. The van der Waals surface area contributed by atoms with Gasteiger partial charge in [-0.15, -0.1) is 0 Å². The van der Waals surface area contributed by atoms with Crippen molar-refractivity contribution in [2.24, 2.45) is 0 Å². The lowest BCUT2D eigenvalue weighted by Crippen LogP contribution is -2.37. The van der Waals surface area contributed by atoms with Crippen LogP contribution in [0.25, 0.3) is 5.57 Å². The Hall–Kier alpha value is -1.65. The van der Waals surface area contributed by atoms with Gasteiger partial charge in [-0.3, -0.25) is 4.55 Å². The number of hydrogen-bond acceptors (Lipinski definition) is 2. The van der Waals surface area contributed by atoms with Crippen LogP contribution in [0.5, 0.6) is 0 Å². The molecule has 4 heteroatoms. The molecular weight excluding hydrogens is 272 g/mol. The van der Waals surface area contributed by atoms with Gasteiger partial charge in [0.15, 0.2) is 0 Å². The summed E-state index contributed by atoms with van der Waals surface area (Å²) in [6, 6.07) is 9.72. The minimum Gasteiger partial charge on any atom is -0.285 e. The van der Waals surface area contributed by atoms with Crippen molar-refractivity contribution in [2.45, 2.75) is 25.0 Å². The van der Waals surface area contributed by atoms with Crippen molar-refractivity contribution in [1.82, 2.24) is 0 Å². The molecule has 0 spiro atoms. The van der Waals surface area contributed by atoms with Gasteiger partial charge in [0.2, 0.25) is 0 Å². The quantitative estimate of drug-likeness (QED) is 0.865. The fourth-order valence-electron chi connectivity index (χ4n) is 2.24. The lowest BCUT2D eigenvalue weighted by molar-refractivity contribution is 0.447. The van der Waals surface area contributed by atoms with Crippen molar-refractivity contribution in [2.75, 3.05) is 0 Å². The van der Waals surface area contributed by atoms with E-state index in [-0.39, 0.29) is 6.42 Å². The highest BCUT2D eigenvalue weighted by atomic mass is 32.2. The van der Waals surface area contributed by atoms with Gasteiger partial charge in [0.1, 0.15) is 4.75 Å². The normalized spacial score (nSPS) is 22.9. The molecule has 1 aliphatic carbocycles. The van der Waals surface area contributed by atoms with Gasteiger partial charge >= 0.3 is 0 Å². The van der Waals surface area contributed by atoms with Crippen LogP contribution in [0, 0.1) is 0 Å². The standard InChI is InChI=1S/C16H18O3S/c1-12-11-15(9-10-16(12,3)20(17,18)19)13(2)14-7-5-4-6-8-14/h4-9,11H,2,10H2,1,3H3,(H,17,18,19). The highest BCUT2D eigenvalue weighted by Gasteiger charge is 2.40. The van der Waals surface area contributed by atoms with Crippen LogP contribution in [0.1, 0.15) is 25.8 Å². The molecule has 0 amide bonds. The molecule has 1 N–H and O–H groups in total. The predicted octanol–water partition coefficient (Wildman–Crippen LogP) is 3.62. The second-order valence-corrected chi connectivity index (χ2v) is 7.09. The molecular formula is C16H18O3S. The molecule has 106 valence electrons. The van der Waals surface area contributed by atoms with E-state index in [1.807, 2.05) is 36.4 Å². The van der Waals surface area contributed by atoms with Crippen LogP contribution in [-0.4, -0.2) is 17.7 Å². The van der Waals surface area contributed by atoms with E-state index in [4.69, 9.17) is 0 Å². The number of benzene rings is 1. The van der Waals surface area contributed by atoms with Gasteiger partial charge in [-0.25, -0.2) is 0 Å². The third-order valence-electron chi connectivity index (χ3n) is 3.96. The molecule has 0 bridgehead atoms. The van der Waals surface area contributed by atoms with Crippen molar-refractivity contribution in [3.05, 3.63) is 65.8 Å². The van der Waals surface area contributed by atoms with E-state index >= 15 is 0 Å². The minimum absolute atomic E-state index is 0.245. The first-order valence-corrected chi connectivity index (χ1v) is 7.80. The van der Waals surface area contributed by atoms with Crippen LogP contribution in [0.4, 0.5) is 0 Å². The number of hydrogen-bond donors (Lipinski definition) is 1. The molecule has 0 heterocycles. The van der Waals surface area contributed by atoms with Crippen LogP contribution in [-0.2, 0) is 10.1 Å². The summed E-state index contributed by atoms with van der Waals surface area (Å²) in [5.41, 5.74) is 3.37. The van der Waals surface area contributed by atoms with Crippen LogP contribution < -0.4 is 0 Å². The SMILES string of the molecule is C=C(C1=CCC(C)(S(=O)(=O)O)C(C)=C1)c1ccccc1. The van der Waals surface area contributed by atoms with Crippen molar-refractivity contribution < 1.29 is 13.0 Å². The molecule has 1 aromatic rings. The largest absolute Gasteiger partial charge is 0.285 e. The summed E-state index contributed by atoms with van der Waals surface area (Å²) in [5.74, 6) is 0. The zero-order valence-corrected chi connectivity index (χ0v) is 12.4. The fourth-order valence-corrected chi connectivity index (χ4v) is 3.00. The Bertz CT molecular complexity index is 696. The van der Waals surface area contributed by atoms with Crippen LogP contribution >= 0.6 is 0 Å². The molecule has 2 rings (SSSR count). The van der Waals surface area contributed by atoms with Gasteiger partial charge in [0.25, 0.3) is 10.1 Å². The maximum Gasteiger partial charge on any atom is 0.274 e. The fraction of sp³-hybridized carbons (Fsp3) is 0.250. The zero-order valence-electron chi connectivity index (χ0n) is 11.6. The molecule has 1 atom stereocenters. The van der Waals surface area contributed by atoms with Crippen LogP contribution in [0.3, 0.4) is 0 Å². The second kappa shape index (κ2) is 5.04. The average Bonchev–Trinajstić information content (AvgIpc) is 2.41. The molecule has 0 saturated heterocycles. The molecule has 0 aliphatic heterocycles. The number of rotatable bonds is 3. The van der Waals surface area contributed by atoms with Gasteiger partial charge in [0.05, 0.1) is 0 Å². The van der Waals surface area contributed by atoms with Crippen molar-refractivity contribution in [3.63, 3.8) is 0 Å². The van der Waals surface area contributed by atoms with E-state index in [1.165, 1.54) is 6.92 Å². The molecule has 0 fully saturated rings. The van der Waals surface area contributed by atoms with Crippen LogP contribution in [0.2, 0.25) is 0 Å². The molecule has 1 aliphatic rings. The Balaban J connectivity index is 2.35. The van der Waals surface area contributed by atoms with E-state index in [0.29, 0.717) is 5.57 Å². The summed E-state index contributed by atoms with van der Waals surface area (Å²) < 4.78 is 31.2. The Morgan fingerprint density at radius 3 is 2.40 bits per heavy atom. The predicted molar refractivity (Wildman–Crippen MR) is 81.9 cm³/mol. The Labute approximate surface area is 120 Å². The molecule has 3 nitrogen and oxygen atoms in total. The number of allylic oxidation sites excluding steroid dienone is 4. The van der Waals surface area contributed by atoms with E-state index in [1.54, 1.807) is 13.0 Å². The molecule has 0 radical (unpaired) electrons. The lowest BCUT2D eigenvalue weighted by atomic mass is 9.86. The molecule has 0 aromatic heterocycles. The van der Waals surface area contributed by atoms with E-state index in [9.17, 15) is 13.0 Å². The van der Waals surface area contributed by atoms with Crippen LogP contribution in [0.15, 0.2) is 60.2 Å². The maximum absolute atomic E-state index is 11.5. The molecule has 0 saturated carbocycles. The maximum atomic E-state index is 11.5. The summed E-state index contributed by atoms with van der Waals surface area (Å²) in [4.78, 5) is 0. The summed E-state index contributed by atoms with van der Waals surface area (Å²) in [5, 5.41) is 0. The lowest BCUT2D eigenvalue weighted by Gasteiger charge is -2.30. The van der Waals surface area contributed by atoms with Crippen molar-refractivity contribution >= 4 is 15.7 Å². The average molecular weight is 290 g/mol. The molecule has 1 aromatic carbocycles. The van der Waals surface area contributed by atoms with Gasteiger partial charge in [-0.1, -0.05) is 49.1 Å². The smallest absolute Gasteiger partial charge is 0.274 e. The van der Waals surface area contributed by atoms with E-state index in [2.05, 4.69) is 6.58 Å². The van der Waals surface area contributed by atoms with Gasteiger partial charge in [-0.05, 0) is 42.6 Å². The highest BCUT2D eigenvalue weighted by Crippen LogP contribution is 2.37. The second-order valence-electron chi connectivity index (χ2n) is 5.24. The van der Waals surface area contributed by atoms with E-state index < -0.39 is 14.9 Å². The first-order chi connectivity index (χ1) is 9.25. The Morgan fingerprint density at radius 2 is 1.90 bits per heavy atom. The third kappa shape index (κ3) is 2.49. The topological polar surface area (TPSA) is 54.4 Å². The summed E-state index contributed by atoms with van der Waals surface area (Å²) in [6.07, 6.45) is 3.85. The Morgan fingerprint density at radius 1 is 1.30 bits per heavy atom. The summed E-state index contributed by atoms with van der Waals surface area (Å²) >= 11 is 0. The first kappa shape index (κ1) is 14.8. The summed E-state index contributed by atoms with van der Waals surface area (Å²) in [6.45, 7) is 7.32. The van der Waals surface area contributed by atoms with Crippen molar-refractivity contribution in [3.8, 4) is 0 Å². The molecule has 1 unspecified atom stereocenters. The zero-order chi connectivity index (χ0) is 15.0. The highest BCUT2D eigenvalue weighted by molar-refractivity contribution is 7.87. The summed E-state index contributed by atoms with van der Waals surface area (Å²) in [7, 11) is -4.13. The Kier molecular flexibility index (Phi) is 3.71.